The SMILES string of the molecule is CCCC[C@H](O)[C@H](Cc1ccsc1)NC(=O)c1cc(NCC2CC2C)nc(N(C)S(C)(=O)=O)c1. The fourth-order valence-electron chi connectivity index (χ4n) is 3.80. The van der Waals surface area contributed by atoms with E-state index in [4.69, 9.17) is 0 Å². The van der Waals surface area contributed by atoms with Crippen molar-refractivity contribution in [2.45, 2.75) is 58.1 Å². The summed E-state index contributed by atoms with van der Waals surface area (Å²) in [6.07, 6.45) is 4.49. The molecule has 0 radical (unpaired) electrons. The standard InChI is InChI=1S/C24H36N4O4S2/c1-5-6-7-21(29)20(11-17-8-9-33-15-17)26-24(30)18-12-22(25-14-19-10-16(19)2)27-23(13-18)28(3)34(4,31)32/h8-9,12-13,15-16,19-21,29H,5-7,10-11,14H2,1-4H3,(H,25,27)(H,26,30)/t16?,19?,20-,21-/m0/s1. The molecule has 0 spiro atoms. The highest BCUT2D eigenvalue weighted by molar-refractivity contribution is 7.92. The molecule has 0 aliphatic heterocycles. The summed E-state index contributed by atoms with van der Waals surface area (Å²) >= 11 is 1.58. The Kier molecular flexibility index (Phi) is 8.95. The van der Waals surface area contributed by atoms with Crippen molar-refractivity contribution in [3.63, 3.8) is 0 Å². The second-order valence-electron chi connectivity index (χ2n) is 9.31. The Balaban J connectivity index is 1.84. The van der Waals surface area contributed by atoms with E-state index in [0.29, 0.717) is 36.1 Å². The van der Waals surface area contributed by atoms with Crippen molar-refractivity contribution < 1.29 is 18.3 Å². The summed E-state index contributed by atoms with van der Waals surface area (Å²) in [5.74, 6) is 1.46. The van der Waals surface area contributed by atoms with Crippen LogP contribution in [0.25, 0.3) is 0 Å². The first kappa shape index (κ1) is 26.4. The number of aliphatic hydroxyl groups is 1. The van der Waals surface area contributed by atoms with E-state index in [2.05, 4.69) is 29.5 Å². The summed E-state index contributed by atoms with van der Waals surface area (Å²) in [5.41, 5.74) is 1.35. The number of rotatable bonds is 13. The summed E-state index contributed by atoms with van der Waals surface area (Å²) in [6.45, 7) is 4.97. The number of pyridine rings is 1. The van der Waals surface area contributed by atoms with Crippen LogP contribution in [-0.4, -0.2) is 56.4 Å². The Morgan fingerprint density at radius 2 is 2.12 bits per heavy atom. The molecular weight excluding hydrogens is 472 g/mol. The van der Waals surface area contributed by atoms with Crippen molar-refractivity contribution >= 4 is 38.9 Å². The van der Waals surface area contributed by atoms with E-state index < -0.39 is 22.2 Å². The third kappa shape index (κ3) is 7.41. The lowest BCUT2D eigenvalue weighted by Gasteiger charge is -2.25. The van der Waals surface area contributed by atoms with Crippen molar-refractivity contribution in [1.82, 2.24) is 10.3 Å². The molecule has 1 aliphatic rings. The quantitative estimate of drug-likeness (QED) is 0.382. The molecule has 1 saturated carbocycles. The maximum Gasteiger partial charge on any atom is 0.251 e. The van der Waals surface area contributed by atoms with Crippen molar-refractivity contribution in [3.8, 4) is 0 Å². The molecule has 0 aromatic carbocycles. The monoisotopic (exact) mass is 508 g/mol. The zero-order valence-electron chi connectivity index (χ0n) is 20.3. The van der Waals surface area contributed by atoms with Crippen LogP contribution in [-0.2, 0) is 16.4 Å². The van der Waals surface area contributed by atoms with Crippen molar-refractivity contribution in [3.05, 3.63) is 40.1 Å². The number of aromatic nitrogens is 1. The number of unbranched alkanes of at least 4 members (excludes halogenated alkanes) is 1. The first-order valence-electron chi connectivity index (χ1n) is 11.8. The number of carbonyl (C=O) groups is 1. The van der Waals surface area contributed by atoms with Crippen molar-refractivity contribution in [2.24, 2.45) is 11.8 Å². The molecule has 3 rings (SSSR count). The normalized spacial score (nSPS) is 19.3. The average molecular weight is 509 g/mol. The van der Waals surface area contributed by atoms with Crippen LogP contribution in [0, 0.1) is 11.8 Å². The van der Waals surface area contributed by atoms with Gasteiger partial charge in [-0.05, 0) is 65.6 Å². The van der Waals surface area contributed by atoms with Crippen LogP contribution in [0.5, 0.6) is 0 Å². The zero-order chi connectivity index (χ0) is 24.9. The Bertz CT molecular complexity index is 1060. The van der Waals surface area contributed by atoms with E-state index in [1.54, 1.807) is 17.4 Å². The van der Waals surface area contributed by atoms with Gasteiger partial charge in [0.25, 0.3) is 5.91 Å². The first-order valence-corrected chi connectivity index (χ1v) is 14.6. The number of sulfonamides is 1. The summed E-state index contributed by atoms with van der Waals surface area (Å²) in [7, 11) is -2.13. The molecule has 8 nitrogen and oxygen atoms in total. The highest BCUT2D eigenvalue weighted by Crippen LogP contribution is 2.37. The number of nitrogens with zero attached hydrogens (tertiary/aromatic N) is 2. The molecule has 2 aromatic rings. The van der Waals surface area contributed by atoms with E-state index in [1.807, 2.05) is 16.8 Å². The molecule has 4 atom stereocenters. The zero-order valence-corrected chi connectivity index (χ0v) is 22.0. The van der Waals surface area contributed by atoms with Gasteiger partial charge in [-0.15, -0.1) is 0 Å². The predicted molar refractivity (Wildman–Crippen MR) is 138 cm³/mol. The Morgan fingerprint density at radius 3 is 2.71 bits per heavy atom. The van der Waals surface area contributed by atoms with Gasteiger partial charge >= 0.3 is 0 Å². The van der Waals surface area contributed by atoms with Gasteiger partial charge in [0.1, 0.15) is 11.6 Å². The molecular formula is C24H36N4O4S2. The lowest BCUT2D eigenvalue weighted by atomic mass is 9.98. The molecule has 10 heteroatoms. The molecule has 34 heavy (non-hydrogen) atoms. The number of nitrogens with one attached hydrogen (secondary N) is 2. The van der Waals surface area contributed by atoms with Crippen LogP contribution in [0.2, 0.25) is 0 Å². The van der Waals surface area contributed by atoms with Crippen LogP contribution in [0.1, 0.15) is 55.5 Å². The van der Waals surface area contributed by atoms with Crippen LogP contribution < -0.4 is 14.9 Å². The van der Waals surface area contributed by atoms with E-state index in [0.717, 1.165) is 41.9 Å². The molecule has 0 bridgehead atoms. The van der Waals surface area contributed by atoms with E-state index >= 15 is 0 Å². The van der Waals surface area contributed by atoms with Gasteiger partial charge in [0.2, 0.25) is 10.0 Å². The molecule has 3 N–H and O–H groups in total. The van der Waals surface area contributed by atoms with E-state index in [1.165, 1.54) is 13.1 Å². The third-order valence-corrected chi connectivity index (χ3v) is 8.30. The van der Waals surface area contributed by atoms with Gasteiger partial charge in [-0.3, -0.25) is 9.10 Å². The second-order valence-corrected chi connectivity index (χ2v) is 12.1. The molecule has 2 aromatic heterocycles. The minimum atomic E-state index is -3.55. The third-order valence-electron chi connectivity index (χ3n) is 6.39. The topological polar surface area (TPSA) is 112 Å². The molecule has 0 saturated heterocycles. The number of carbonyl (C=O) groups excluding carboxylic acids is 1. The van der Waals surface area contributed by atoms with Gasteiger partial charge in [-0.25, -0.2) is 13.4 Å². The van der Waals surface area contributed by atoms with Gasteiger partial charge < -0.3 is 15.7 Å². The lowest BCUT2D eigenvalue weighted by Crippen LogP contribution is -2.45. The van der Waals surface area contributed by atoms with Crippen molar-refractivity contribution in [1.29, 1.82) is 0 Å². The fraction of sp³-hybridized carbons (Fsp3) is 0.583. The van der Waals surface area contributed by atoms with Gasteiger partial charge in [-0.1, -0.05) is 26.7 Å². The Morgan fingerprint density at radius 1 is 1.38 bits per heavy atom. The maximum absolute atomic E-state index is 13.3. The highest BCUT2D eigenvalue weighted by Gasteiger charge is 2.32. The fourth-order valence-corrected chi connectivity index (χ4v) is 4.92. The van der Waals surface area contributed by atoms with Crippen molar-refractivity contribution in [2.75, 3.05) is 29.5 Å². The summed E-state index contributed by atoms with van der Waals surface area (Å²) in [6, 6.07) is 4.65. The van der Waals surface area contributed by atoms with Gasteiger partial charge in [0, 0.05) is 19.2 Å². The van der Waals surface area contributed by atoms with E-state index in [9.17, 15) is 18.3 Å². The summed E-state index contributed by atoms with van der Waals surface area (Å²) in [5, 5.41) is 21.0. The molecule has 1 amide bonds. The Labute approximate surface area is 206 Å². The molecule has 188 valence electrons. The number of aliphatic hydroxyl groups excluding tert-OH is 1. The van der Waals surface area contributed by atoms with Gasteiger partial charge in [-0.2, -0.15) is 11.3 Å². The van der Waals surface area contributed by atoms with E-state index in [-0.39, 0.29) is 11.7 Å². The summed E-state index contributed by atoms with van der Waals surface area (Å²) < 4.78 is 25.3. The largest absolute Gasteiger partial charge is 0.391 e. The van der Waals surface area contributed by atoms with Crippen LogP contribution in [0.4, 0.5) is 11.6 Å². The molecule has 1 fully saturated rings. The minimum absolute atomic E-state index is 0.169. The number of hydrogen-bond donors (Lipinski definition) is 3. The highest BCUT2D eigenvalue weighted by atomic mass is 32.2. The second kappa shape index (κ2) is 11.5. The Hall–Kier alpha value is -2.17. The number of anilines is 2. The number of thiophene rings is 1. The number of amides is 1. The smallest absolute Gasteiger partial charge is 0.251 e. The molecule has 2 unspecified atom stereocenters. The van der Waals surface area contributed by atoms with Crippen LogP contribution in [0.15, 0.2) is 29.0 Å². The predicted octanol–water partition coefficient (Wildman–Crippen LogP) is 3.50. The minimum Gasteiger partial charge on any atom is -0.391 e. The van der Waals surface area contributed by atoms with Crippen LogP contribution in [0.3, 0.4) is 0 Å². The molecule has 1 aliphatic carbocycles. The van der Waals surface area contributed by atoms with Gasteiger partial charge in [0.05, 0.1) is 18.4 Å². The first-order chi connectivity index (χ1) is 16.1. The molecule has 2 heterocycles. The summed E-state index contributed by atoms with van der Waals surface area (Å²) in [4.78, 5) is 17.7. The maximum atomic E-state index is 13.3. The average Bonchev–Trinajstić information content (AvgIpc) is 3.26. The van der Waals surface area contributed by atoms with Gasteiger partial charge in [0.15, 0.2) is 0 Å². The number of hydrogen-bond acceptors (Lipinski definition) is 7. The lowest BCUT2D eigenvalue weighted by molar-refractivity contribution is 0.0809. The van der Waals surface area contributed by atoms with Crippen LogP contribution >= 0.6 is 11.3 Å².